The van der Waals surface area contributed by atoms with Gasteiger partial charge in [0.2, 0.25) is 0 Å². The van der Waals surface area contributed by atoms with Crippen LogP contribution in [0.25, 0.3) is 0 Å². The predicted octanol–water partition coefficient (Wildman–Crippen LogP) is 4.11. The third-order valence-electron chi connectivity index (χ3n) is 1.46. The summed E-state index contributed by atoms with van der Waals surface area (Å²) in [5.74, 6) is 0. The first-order valence-corrected chi connectivity index (χ1v) is 4.34. The van der Waals surface area contributed by atoms with Gasteiger partial charge in [0, 0.05) is 5.41 Å². The molecule has 0 aromatic heterocycles. The highest BCUT2D eigenvalue weighted by molar-refractivity contribution is 5.18. The molecule has 0 heteroatoms. The Hall–Kier alpha value is -0.780. The van der Waals surface area contributed by atoms with Gasteiger partial charge in [-0.15, -0.1) is 0 Å². The van der Waals surface area contributed by atoms with Crippen LogP contribution in [0.2, 0.25) is 0 Å². The van der Waals surface area contributed by atoms with Crippen molar-refractivity contribution in [3.8, 4) is 0 Å². The van der Waals surface area contributed by atoms with Crippen molar-refractivity contribution in [3.05, 3.63) is 36.0 Å². The van der Waals surface area contributed by atoms with Crippen molar-refractivity contribution in [2.24, 2.45) is 5.41 Å². The van der Waals surface area contributed by atoms with Gasteiger partial charge in [-0.2, -0.15) is 0 Å². The average molecular weight is 164 g/mol. The summed E-state index contributed by atoms with van der Waals surface area (Å²) >= 11 is 0. The minimum absolute atomic E-state index is 0.151. The summed E-state index contributed by atoms with van der Waals surface area (Å²) in [7, 11) is 0. The Bertz CT molecular complexity index is 210. The molecule has 0 spiro atoms. The van der Waals surface area contributed by atoms with Crippen LogP contribution in [-0.4, -0.2) is 0 Å². The standard InChI is InChI=1S/C12H20/c1-10(2)7-8-12(5,6)9-11(3)4/h7-9H,1H2,2-6H3/b8-7+. The fourth-order valence-electron chi connectivity index (χ4n) is 1.15. The summed E-state index contributed by atoms with van der Waals surface area (Å²) < 4.78 is 0. The second-order valence-electron chi connectivity index (χ2n) is 4.22. The van der Waals surface area contributed by atoms with E-state index in [0.717, 1.165) is 5.57 Å². The van der Waals surface area contributed by atoms with E-state index >= 15 is 0 Å². The Balaban J connectivity index is 4.42. The second kappa shape index (κ2) is 4.30. The van der Waals surface area contributed by atoms with Gasteiger partial charge in [-0.3, -0.25) is 0 Å². The van der Waals surface area contributed by atoms with Gasteiger partial charge in [-0.25, -0.2) is 0 Å². The molecule has 12 heavy (non-hydrogen) atoms. The zero-order valence-corrected chi connectivity index (χ0v) is 8.94. The van der Waals surface area contributed by atoms with Crippen LogP contribution in [0.4, 0.5) is 0 Å². The van der Waals surface area contributed by atoms with E-state index in [2.05, 4.69) is 52.5 Å². The first kappa shape index (κ1) is 11.2. The maximum absolute atomic E-state index is 3.83. The molecule has 0 rings (SSSR count). The summed E-state index contributed by atoms with van der Waals surface area (Å²) in [4.78, 5) is 0. The van der Waals surface area contributed by atoms with Crippen LogP contribution in [0.1, 0.15) is 34.6 Å². The number of hydrogen-bond acceptors (Lipinski definition) is 0. The summed E-state index contributed by atoms with van der Waals surface area (Å²) in [5, 5.41) is 0. The molecule has 0 saturated carbocycles. The van der Waals surface area contributed by atoms with Crippen molar-refractivity contribution < 1.29 is 0 Å². The lowest BCUT2D eigenvalue weighted by Crippen LogP contribution is -2.02. The smallest absolute Gasteiger partial charge is 0.00101 e. The van der Waals surface area contributed by atoms with E-state index in [0.29, 0.717) is 0 Å². The first-order valence-electron chi connectivity index (χ1n) is 4.34. The third-order valence-corrected chi connectivity index (χ3v) is 1.46. The van der Waals surface area contributed by atoms with Gasteiger partial charge < -0.3 is 0 Å². The molecule has 68 valence electrons. The Kier molecular flexibility index (Phi) is 4.02. The van der Waals surface area contributed by atoms with Crippen LogP contribution in [0.3, 0.4) is 0 Å². The zero-order chi connectivity index (χ0) is 9.78. The molecular weight excluding hydrogens is 144 g/mol. The quantitative estimate of drug-likeness (QED) is 0.435. The zero-order valence-electron chi connectivity index (χ0n) is 8.94. The molecule has 0 nitrogen and oxygen atoms in total. The fraction of sp³-hybridized carbons (Fsp3) is 0.500. The van der Waals surface area contributed by atoms with Crippen LogP contribution in [0, 0.1) is 5.41 Å². The average Bonchev–Trinajstić information content (AvgIpc) is 1.81. The highest BCUT2D eigenvalue weighted by Gasteiger charge is 2.08. The van der Waals surface area contributed by atoms with Gasteiger partial charge >= 0.3 is 0 Å². The minimum Gasteiger partial charge on any atom is -0.0961 e. The summed E-state index contributed by atoms with van der Waals surface area (Å²) in [6.07, 6.45) is 6.51. The normalized spacial score (nSPS) is 11.8. The summed E-state index contributed by atoms with van der Waals surface area (Å²) in [6.45, 7) is 14.5. The molecule has 0 aromatic rings. The molecule has 0 aliphatic heterocycles. The number of allylic oxidation sites excluding steroid dienone is 5. The molecule has 0 radical (unpaired) electrons. The fourth-order valence-corrected chi connectivity index (χ4v) is 1.15. The Labute approximate surface area is 76.7 Å². The van der Waals surface area contributed by atoms with E-state index in [4.69, 9.17) is 0 Å². The van der Waals surface area contributed by atoms with Gasteiger partial charge in [-0.1, -0.05) is 49.8 Å². The molecule has 0 aromatic carbocycles. The van der Waals surface area contributed by atoms with Crippen LogP contribution < -0.4 is 0 Å². The van der Waals surface area contributed by atoms with Gasteiger partial charge in [-0.05, 0) is 20.8 Å². The van der Waals surface area contributed by atoms with E-state index in [-0.39, 0.29) is 5.41 Å². The molecule has 0 aliphatic carbocycles. The second-order valence-corrected chi connectivity index (χ2v) is 4.22. The van der Waals surface area contributed by atoms with E-state index in [1.54, 1.807) is 0 Å². The van der Waals surface area contributed by atoms with Crippen molar-refractivity contribution in [1.82, 2.24) is 0 Å². The Morgan fingerprint density at radius 2 is 1.67 bits per heavy atom. The maximum atomic E-state index is 3.83. The van der Waals surface area contributed by atoms with Crippen LogP contribution in [0.15, 0.2) is 36.0 Å². The lowest BCUT2D eigenvalue weighted by Gasteiger charge is -2.15. The molecular formula is C12H20. The van der Waals surface area contributed by atoms with E-state index < -0.39 is 0 Å². The minimum atomic E-state index is 0.151. The molecule has 0 atom stereocenters. The molecule has 0 heterocycles. The highest BCUT2D eigenvalue weighted by Crippen LogP contribution is 2.21. The van der Waals surface area contributed by atoms with Gasteiger partial charge in [0.25, 0.3) is 0 Å². The maximum Gasteiger partial charge on any atom is 0.00101 e. The van der Waals surface area contributed by atoms with Crippen LogP contribution in [-0.2, 0) is 0 Å². The van der Waals surface area contributed by atoms with Crippen LogP contribution in [0.5, 0.6) is 0 Å². The molecule has 0 aliphatic rings. The Morgan fingerprint density at radius 1 is 1.17 bits per heavy atom. The third kappa shape index (κ3) is 5.96. The van der Waals surface area contributed by atoms with Crippen molar-refractivity contribution in [3.63, 3.8) is 0 Å². The molecule has 0 amide bonds. The van der Waals surface area contributed by atoms with Crippen molar-refractivity contribution in [1.29, 1.82) is 0 Å². The van der Waals surface area contributed by atoms with Crippen LogP contribution >= 0.6 is 0 Å². The van der Waals surface area contributed by atoms with Gasteiger partial charge in [0.1, 0.15) is 0 Å². The van der Waals surface area contributed by atoms with Gasteiger partial charge in [0.05, 0.1) is 0 Å². The molecule has 0 unspecified atom stereocenters. The lowest BCUT2D eigenvalue weighted by molar-refractivity contribution is 0.620. The number of hydrogen-bond donors (Lipinski definition) is 0. The molecule has 0 saturated heterocycles. The lowest BCUT2D eigenvalue weighted by atomic mass is 9.90. The van der Waals surface area contributed by atoms with Crippen molar-refractivity contribution >= 4 is 0 Å². The van der Waals surface area contributed by atoms with E-state index in [1.807, 2.05) is 6.92 Å². The Morgan fingerprint density at radius 3 is 2.00 bits per heavy atom. The summed E-state index contributed by atoms with van der Waals surface area (Å²) in [5.41, 5.74) is 2.61. The molecule has 0 bridgehead atoms. The predicted molar refractivity (Wildman–Crippen MR) is 57.2 cm³/mol. The largest absolute Gasteiger partial charge is 0.0961 e. The topological polar surface area (TPSA) is 0 Å². The molecule has 0 fully saturated rings. The van der Waals surface area contributed by atoms with Crippen molar-refractivity contribution in [2.45, 2.75) is 34.6 Å². The highest BCUT2D eigenvalue weighted by atomic mass is 14.1. The van der Waals surface area contributed by atoms with Crippen molar-refractivity contribution in [2.75, 3.05) is 0 Å². The van der Waals surface area contributed by atoms with E-state index in [9.17, 15) is 0 Å². The summed E-state index contributed by atoms with van der Waals surface area (Å²) in [6, 6.07) is 0. The number of rotatable bonds is 3. The first-order chi connectivity index (χ1) is 5.33. The van der Waals surface area contributed by atoms with Gasteiger partial charge in [0.15, 0.2) is 0 Å². The van der Waals surface area contributed by atoms with E-state index in [1.165, 1.54) is 5.57 Å². The SMILES string of the molecule is C=C(C)/C=C/C(C)(C)C=C(C)C. The molecule has 0 N–H and O–H groups in total. The monoisotopic (exact) mass is 164 g/mol.